The van der Waals surface area contributed by atoms with E-state index in [2.05, 4.69) is 5.32 Å². The molecule has 3 atom stereocenters. The first kappa shape index (κ1) is 22.2. The lowest BCUT2D eigenvalue weighted by atomic mass is 9.97. The number of piperidine rings is 1. The summed E-state index contributed by atoms with van der Waals surface area (Å²) in [6.45, 7) is 1.71. The Morgan fingerprint density at radius 2 is 1.19 bits per heavy atom. The van der Waals surface area contributed by atoms with E-state index in [1.165, 1.54) is 0 Å². The van der Waals surface area contributed by atoms with Gasteiger partial charge >= 0.3 is 0 Å². The normalized spacial score (nSPS) is 20.6. The summed E-state index contributed by atoms with van der Waals surface area (Å²) in [5.41, 5.74) is 3.24. The molecule has 1 aliphatic rings. The monoisotopic (exact) mass is 431 g/mol. The van der Waals surface area contributed by atoms with E-state index in [0.29, 0.717) is 26.4 Å². The minimum absolute atomic E-state index is 0.0454. The Labute approximate surface area is 189 Å². The molecule has 1 saturated heterocycles. The molecule has 1 heterocycles. The predicted octanol–water partition coefficient (Wildman–Crippen LogP) is 4.26. The van der Waals surface area contributed by atoms with Gasteiger partial charge in [0.2, 0.25) is 5.91 Å². The summed E-state index contributed by atoms with van der Waals surface area (Å²) in [6, 6.07) is 29.7. The number of carbonyl (C=O) groups is 1. The number of amides is 1. The fourth-order valence-electron chi connectivity index (χ4n) is 3.84. The van der Waals surface area contributed by atoms with E-state index in [1.807, 2.05) is 91.0 Å². The highest BCUT2D eigenvalue weighted by molar-refractivity contribution is 5.78. The van der Waals surface area contributed by atoms with Crippen LogP contribution in [-0.4, -0.2) is 30.8 Å². The molecular formula is C27H29NO4. The molecule has 0 aromatic heterocycles. The highest BCUT2D eigenvalue weighted by Gasteiger charge is 2.38. The minimum atomic E-state index is -0.349. The Kier molecular flexibility index (Phi) is 8.04. The second kappa shape index (κ2) is 11.6. The first-order valence-corrected chi connectivity index (χ1v) is 11.0. The van der Waals surface area contributed by atoms with Crippen molar-refractivity contribution in [2.75, 3.05) is 6.61 Å². The lowest BCUT2D eigenvalue weighted by Crippen LogP contribution is -2.58. The van der Waals surface area contributed by atoms with Crippen LogP contribution in [0.25, 0.3) is 0 Å². The van der Waals surface area contributed by atoms with Gasteiger partial charge in [0.15, 0.2) is 0 Å². The van der Waals surface area contributed by atoms with Crippen LogP contribution in [0, 0.1) is 0 Å². The zero-order valence-electron chi connectivity index (χ0n) is 18.1. The average Bonchev–Trinajstić information content (AvgIpc) is 2.84. The van der Waals surface area contributed by atoms with Crippen LogP contribution in [0.2, 0.25) is 0 Å². The summed E-state index contributed by atoms with van der Waals surface area (Å²) in [5.74, 6) is -0.0454. The van der Waals surface area contributed by atoms with Crippen molar-refractivity contribution in [2.45, 2.75) is 44.5 Å². The molecule has 1 fully saturated rings. The Bertz CT molecular complexity index is 949. The molecule has 166 valence electrons. The van der Waals surface area contributed by atoms with Crippen LogP contribution in [0.1, 0.15) is 23.1 Å². The number of ether oxygens (including phenoxy) is 3. The Hall–Kier alpha value is -2.99. The zero-order chi connectivity index (χ0) is 22.0. The van der Waals surface area contributed by atoms with Crippen LogP contribution in [0.3, 0.4) is 0 Å². The van der Waals surface area contributed by atoms with Gasteiger partial charge in [-0.05, 0) is 16.7 Å². The van der Waals surface area contributed by atoms with Crippen LogP contribution in [0.15, 0.2) is 91.0 Å². The maximum absolute atomic E-state index is 12.4. The number of carbonyl (C=O) groups excluding carboxylic acids is 1. The standard InChI is InChI=1S/C27H29NO4/c29-26-16-25(31-18-22-12-6-2-7-13-22)27(32-19-23-14-8-3-9-15-23)24(28-26)20-30-17-21-10-4-1-5-11-21/h1-15,24-25,27H,16-20H2,(H,28,29)/t24-,25?,27-/m1/s1. The molecule has 5 nitrogen and oxygen atoms in total. The van der Waals surface area contributed by atoms with E-state index in [-0.39, 0.29) is 30.6 Å². The van der Waals surface area contributed by atoms with Crippen LogP contribution in [0.4, 0.5) is 0 Å². The van der Waals surface area contributed by atoms with Gasteiger partial charge in [0.05, 0.1) is 45.0 Å². The Morgan fingerprint density at radius 1 is 0.688 bits per heavy atom. The molecule has 1 aliphatic heterocycles. The number of nitrogens with one attached hydrogen (secondary N) is 1. The van der Waals surface area contributed by atoms with Gasteiger partial charge in [-0.2, -0.15) is 0 Å². The van der Waals surface area contributed by atoms with Gasteiger partial charge in [0, 0.05) is 0 Å². The maximum atomic E-state index is 12.4. The summed E-state index contributed by atoms with van der Waals surface area (Å²) in [7, 11) is 0. The molecule has 32 heavy (non-hydrogen) atoms. The third kappa shape index (κ3) is 6.50. The van der Waals surface area contributed by atoms with Gasteiger partial charge in [0.25, 0.3) is 0 Å². The van der Waals surface area contributed by atoms with Crippen molar-refractivity contribution < 1.29 is 19.0 Å². The molecule has 1 unspecified atom stereocenters. The second-order valence-electron chi connectivity index (χ2n) is 7.98. The number of benzene rings is 3. The number of hydrogen-bond acceptors (Lipinski definition) is 4. The average molecular weight is 432 g/mol. The summed E-state index contributed by atoms with van der Waals surface area (Å²) in [4.78, 5) is 12.4. The van der Waals surface area contributed by atoms with Crippen molar-refractivity contribution in [3.63, 3.8) is 0 Å². The maximum Gasteiger partial charge on any atom is 0.223 e. The molecule has 5 heteroatoms. The highest BCUT2D eigenvalue weighted by atomic mass is 16.5. The molecule has 3 aromatic carbocycles. The van der Waals surface area contributed by atoms with E-state index in [1.54, 1.807) is 0 Å². The first-order chi connectivity index (χ1) is 15.8. The molecule has 4 rings (SSSR count). The van der Waals surface area contributed by atoms with Crippen LogP contribution < -0.4 is 5.32 Å². The molecule has 0 radical (unpaired) electrons. The summed E-state index contributed by atoms with van der Waals surface area (Å²) in [6.07, 6.45) is -0.396. The van der Waals surface area contributed by atoms with Gasteiger partial charge in [-0.25, -0.2) is 0 Å². The molecule has 1 amide bonds. The third-order valence-electron chi connectivity index (χ3n) is 5.50. The van der Waals surface area contributed by atoms with Crippen molar-refractivity contribution in [2.24, 2.45) is 0 Å². The molecular weight excluding hydrogens is 402 g/mol. The van der Waals surface area contributed by atoms with Gasteiger partial charge < -0.3 is 19.5 Å². The summed E-state index contributed by atoms with van der Waals surface area (Å²) < 4.78 is 18.5. The fourth-order valence-corrected chi connectivity index (χ4v) is 3.84. The number of hydrogen-bond donors (Lipinski definition) is 1. The van der Waals surface area contributed by atoms with Crippen molar-refractivity contribution in [3.05, 3.63) is 108 Å². The van der Waals surface area contributed by atoms with Crippen molar-refractivity contribution in [1.82, 2.24) is 5.32 Å². The quantitative estimate of drug-likeness (QED) is 0.521. The predicted molar refractivity (Wildman–Crippen MR) is 123 cm³/mol. The summed E-state index contributed by atoms with van der Waals surface area (Å²) >= 11 is 0. The lowest BCUT2D eigenvalue weighted by Gasteiger charge is -2.38. The molecule has 0 spiro atoms. The van der Waals surface area contributed by atoms with Gasteiger partial charge in [-0.1, -0.05) is 91.0 Å². The first-order valence-electron chi connectivity index (χ1n) is 11.0. The van der Waals surface area contributed by atoms with Crippen molar-refractivity contribution >= 4 is 5.91 Å². The minimum Gasteiger partial charge on any atom is -0.375 e. The third-order valence-corrected chi connectivity index (χ3v) is 5.50. The van der Waals surface area contributed by atoms with Gasteiger partial charge in [-0.3, -0.25) is 4.79 Å². The van der Waals surface area contributed by atoms with Gasteiger partial charge in [0.1, 0.15) is 6.10 Å². The van der Waals surface area contributed by atoms with Crippen LogP contribution in [-0.2, 0) is 38.8 Å². The smallest absolute Gasteiger partial charge is 0.223 e. The van der Waals surface area contributed by atoms with E-state index >= 15 is 0 Å². The van der Waals surface area contributed by atoms with Crippen molar-refractivity contribution in [1.29, 1.82) is 0 Å². The summed E-state index contributed by atoms with van der Waals surface area (Å²) in [5, 5.41) is 3.05. The molecule has 0 aliphatic carbocycles. The molecule has 1 N–H and O–H groups in total. The van der Waals surface area contributed by atoms with Crippen LogP contribution in [0.5, 0.6) is 0 Å². The van der Waals surface area contributed by atoms with E-state index in [9.17, 15) is 4.79 Å². The SMILES string of the molecule is O=C1CC(OCc2ccccc2)[C@H](OCc2ccccc2)[C@@H](COCc2ccccc2)N1. The number of rotatable bonds is 10. The topological polar surface area (TPSA) is 56.8 Å². The Morgan fingerprint density at radius 3 is 1.75 bits per heavy atom. The van der Waals surface area contributed by atoms with Gasteiger partial charge in [-0.15, -0.1) is 0 Å². The Balaban J connectivity index is 1.42. The molecule has 0 bridgehead atoms. The molecule has 0 saturated carbocycles. The van der Waals surface area contributed by atoms with E-state index < -0.39 is 0 Å². The highest BCUT2D eigenvalue weighted by Crippen LogP contribution is 2.22. The van der Waals surface area contributed by atoms with E-state index in [0.717, 1.165) is 16.7 Å². The second-order valence-corrected chi connectivity index (χ2v) is 7.98. The van der Waals surface area contributed by atoms with E-state index in [4.69, 9.17) is 14.2 Å². The fraction of sp³-hybridized carbons (Fsp3) is 0.296. The lowest BCUT2D eigenvalue weighted by molar-refractivity contribution is -0.152. The zero-order valence-corrected chi connectivity index (χ0v) is 18.1. The van der Waals surface area contributed by atoms with Crippen LogP contribution >= 0.6 is 0 Å². The largest absolute Gasteiger partial charge is 0.375 e. The van der Waals surface area contributed by atoms with Crippen molar-refractivity contribution in [3.8, 4) is 0 Å². The molecule has 3 aromatic rings.